The number of amides is 2. The van der Waals surface area contributed by atoms with E-state index in [-0.39, 0.29) is 17.5 Å². The van der Waals surface area contributed by atoms with Crippen LogP contribution >= 0.6 is 0 Å². The van der Waals surface area contributed by atoms with Crippen molar-refractivity contribution in [2.45, 2.75) is 6.54 Å². The van der Waals surface area contributed by atoms with E-state index < -0.39 is 0 Å². The van der Waals surface area contributed by atoms with Crippen LogP contribution in [0.5, 0.6) is 0 Å². The molecule has 148 valence electrons. The van der Waals surface area contributed by atoms with Crippen LogP contribution in [0.4, 0.5) is 0 Å². The van der Waals surface area contributed by atoms with Gasteiger partial charge in [-0.05, 0) is 17.7 Å². The molecule has 0 bridgehead atoms. The minimum atomic E-state index is -0.270. The van der Waals surface area contributed by atoms with Crippen molar-refractivity contribution in [1.29, 1.82) is 0 Å². The largest absolute Gasteiger partial charge is 0.379 e. The van der Waals surface area contributed by atoms with Gasteiger partial charge in [0, 0.05) is 51.5 Å². The second-order valence-corrected chi connectivity index (χ2v) is 6.79. The number of pyridine rings is 1. The predicted octanol–water partition coefficient (Wildman–Crippen LogP) is 1.42. The fourth-order valence-corrected chi connectivity index (χ4v) is 3.08. The molecule has 7 nitrogen and oxygen atoms in total. The highest BCUT2D eigenvalue weighted by atomic mass is 16.5. The molecule has 7 heteroatoms. The number of nitrogens with zero attached hydrogens (tertiary/aromatic N) is 3. The van der Waals surface area contributed by atoms with Gasteiger partial charge < -0.3 is 15.0 Å². The van der Waals surface area contributed by atoms with Crippen LogP contribution in [0, 0.1) is 0 Å². The van der Waals surface area contributed by atoms with Gasteiger partial charge in [-0.1, -0.05) is 30.3 Å². The Balaban J connectivity index is 1.54. The Hall–Kier alpha value is -2.77. The zero-order valence-corrected chi connectivity index (χ0v) is 16.1. The smallest absolute Gasteiger partial charge is 0.269 e. The third-order valence-corrected chi connectivity index (χ3v) is 4.67. The summed E-state index contributed by atoms with van der Waals surface area (Å²) in [5, 5.41) is 2.87. The first-order valence-electron chi connectivity index (χ1n) is 9.47. The first kappa shape index (κ1) is 20.0. The fraction of sp³-hybridized carbons (Fsp3) is 0.381. The number of ether oxygens (including phenoxy) is 1. The van der Waals surface area contributed by atoms with Crippen LogP contribution in [-0.2, 0) is 11.3 Å². The van der Waals surface area contributed by atoms with Gasteiger partial charge in [0.2, 0.25) is 0 Å². The number of carbonyl (C=O) groups is 2. The normalized spacial score (nSPS) is 14.5. The zero-order valence-electron chi connectivity index (χ0n) is 16.1. The van der Waals surface area contributed by atoms with Crippen molar-refractivity contribution in [3.05, 3.63) is 65.5 Å². The van der Waals surface area contributed by atoms with E-state index in [0.717, 1.165) is 38.4 Å². The molecule has 0 saturated carbocycles. The quantitative estimate of drug-likeness (QED) is 0.784. The summed E-state index contributed by atoms with van der Waals surface area (Å²) < 4.78 is 5.31. The van der Waals surface area contributed by atoms with Crippen LogP contribution in [0.15, 0.2) is 48.7 Å². The van der Waals surface area contributed by atoms with Crippen LogP contribution in [0.2, 0.25) is 0 Å². The van der Waals surface area contributed by atoms with Crippen LogP contribution < -0.4 is 5.32 Å². The van der Waals surface area contributed by atoms with Gasteiger partial charge in [-0.3, -0.25) is 19.5 Å². The first-order chi connectivity index (χ1) is 13.6. The Morgan fingerprint density at radius 3 is 2.68 bits per heavy atom. The summed E-state index contributed by atoms with van der Waals surface area (Å²) in [6.45, 7) is 5.03. The summed E-state index contributed by atoms with van der Waals surface area (Å²) in [7, 11) is 1.75. The van der Waals surface area contributed by atoms with Gasteiger partial charge in [0.25, 0.3) is 11.8 Å². The molecule has 0 atom stereocenters. The standard InChI is InChI=1S/C21H26N4O3/c1-24(16-17-5-3-2-4-6-17)21(27)18-7-8-22-19(15-18)20(26)23-9-10-25-11-13-28-14-12-25/h2-8,15H,9-14,16H2,1H3,(H,23,26). The Morgan fingerprint density at radius 1 is 1.18 bits per heavy atom. The number of rotatable bonds is 7. The summed E-state index contributed by atoms with van der Waals surface area (Å²) in [5.41, 5.74) is 1.75. The van der Waals surface area contributed by atoms with Gasteiger partial charge in [0.15, 0.2) is 0 Å². The van der Waals surface area contributed by atoms with E-state index in [1.54, 1.807) is 24.1 Å². The molecule has 2 aromatic rings. The molecule has 0 spiro atoms. The van der Waals surface area contributed by atoms with Crippen molar-refractivity contribution in [2.75, 3.05) is 46.4 Å². The molecular weight excluding hydrogens is 356 g/mol. The maximum atomic E-state index is 12.7. The van der Waals surface area contributed by atoms with E-state index in [9.17, 15) is 9.59 Å². The Labute approximate surface area is 165 Å². The highest BCUT2D eigenvalue weighted by Gasteiger charge is 2.16. The number of nitrogens with one attached hydrogen (secondary N) is 1. The minimum absolute atomic E-state index is 0.145. The summed E-state index contributed by atoms with van der Waals surface area (Å²) in [6, 6.07) is 13.0. The topological polar surface area (TPSA) is 74.8 Å². The monoisotopic (exact) mass is 382 g/mol. The zero-order chi connectivity index (χ0) is 19.8. The van der Waals surface area contributed by atoms with Gasteiger partial charge in [-0.25, -0.2) is 0 Å². The van der Waals surface area contributed by atoms with Gasteiger partial charge in [0.1, 0.15) is 5.69 Å². The Bertz CT molecular complexity index is 791. The molecular formula is C21H26N4O3. The van der Waals surface area contributed by atoms with E-state index >= 15 is 0 Å². The maximum absolute atomic E-state index is 12.7. The Morgan fingerprint density at radius 2 is 1.93 bits per heavy atom. The lowest BCUT2D eigenvalue weighted by Crippen LogP contribution is -2.41. The van der Waals surface area contributed by atoms with Crippen LogP contribution in [-0.4, -0.2) is 73.0 Å². The average molecular weight is 382 g/mol. The van der Waals surface area contributed by atoms with E-state index in [2.05, 4.69) is 15.2 Å². The molecule has 1 N–H and O–H groups in total. The average Bonchev–Trinajstić information content (AvgIpc) is 2.74. The van der Waals surface area contributed by atoms with Crippen LogP contribution in [0.25, 0.3) is 0 Å². The van der Waals surface area contributed by atoms with Gasteiger partial charge >= 0.3 is 0 Å². The number of carbonyl (C=O) groups excluding carboxylic acids is 2. The molecule has 1 aromatic heterocycles. The number of benzene rings is 1. The predicted molar refractivity (Wildman–Crippen MR) is 106 cm³/mol. The summed E-state index contributed by atoms with van der Waals surface area (Å²) in [4.78, 5) is 33.1. The lowest BCUT2D eigenvalue weighted by molar-refractivity contribution is 0.0383. The molecule has 1 aliphatic heterocycles. The van der Waals surface area contributed by atoms with Crippen molar-refractivity contribution in [2.24, 2.45) is 0 Å². The third-order valence-electron chi connectivity index (χ3n) is 4.67. The van der Waals surface area contributed by atoms with Crippen molar-refractivity contribution in [3.63, 3.8) is 0 Å². The van der Waals surface area contributed by atoms with Crippen molar-refractivity contribution >= 4 is 11.8 Å². The summed E-state index contributed by atoms with van der Waals surface area (Å²) in [6.07, 6.45) is 1.50. The molecule has 0 unspecified atom stereocenters. The molecule has 0 radical (unpaired) electrons. The molecule has 1 fully saturated rings. The SMILES string of the molecule is CN(Cc1ccccc1)C(=O)c1ccnc(C(=O)NCCN2CCOCC2)c1. The molecule has 1 aromatic carbocycles. The number of aromatic nitrogens is 1. The molecule has 3 rings (SSSR count). The molecule has 1 saturated heterocycles. The van der Waals surface area contributed by atoms with E-state index in [1.165, 1.54) is 6.20 Å². The molecule has 28 heavy (non-hydrogen) atoms. The van der Waals surface area contributed by atoms with Gasteiger partial charge in [-0.2, -0.15) is 0 Å². The fourth-order valence-electron chi connectivity index (χ4n) is 3.08. The number of hydrogen-bond donors (Lipinski definition) is 1. The summed E-state index contributed by atoms with van der Waals surface area (Å²) >= 11 is 0. The second kappa shape index (κ2) is 9.96. The van der Waals surface area contributed by atoms with E-state index in [1.807, 2.05) is 30.3 Å². The van der Waals surface area contributed by atoms with Crippen molar-refractivity contribution in [1.82, 2.24) is 20.1 Å². The molecule has 1 aliphatic rings. The van der Waals surface area contributed by atoms with Gasteiger partial charge in [0.05, 0.1) is 13.2 Å². The molecule has 0 aliphatic carbocycles. The first-order valence-corrected chi connectivity index (χ1v) is 9.47. The van der Waals surface area contributed by atoms with E-state index in [4.69, 9.17) is 4.74 Å². The third kappa shape index (κ3) is 5.61. The maximum Gasteiger partial charge on any atom is 0.269 e. The lowest BCUT2D eigenvalue weighted by Gasteiger charge is -2.26. The molecule has 2 heterocycles. The van der Waals surface area contributed by atoms with Crippen molar-refractivity contribution < 1.29 is 14.3 Å². The molecule has 2 amide bonds. The summed E-state index contributed by atoms with van der Waals surface area (Å²) in [5.74, 6) is -0.415. The second-order valence-electron chi connectivity index (χ2n) is 6.79. The Kier molecular flexibility index (Phi) is 7.11. The van der Waals surface area contributed by atoms with Gasteiger partial charge in [-0.15, -0.1) is 0 Å². The van der Waals surface area contributed by atoms with Crippen LogP contribution in [0.3, 0.4) is 0 Å². The highest BCUT2D eigenvalue weighted by Crippen LogP contribution is 2.09. The highest BCUT2D eigenvalue weighted by molar-refractivity contribution is 5.98. The van der Waals surface area contributed by atoms with Crippen LogP contribution in [0.1, 0.15) is 26.4 Å². The van der Waals surface area contributed by atoms with E-state index in [0.29, 0.717) is 18.7 Å². The number of hydrogen-bond acceptors (Lipinski definition) is 5. The number of morpholine rings is 1. The van der Waals surface area contributed by atoms with Crippen molar-refractivity contribution in [3.8, 4) is 0 Å². The minimum Gasteiger partial charge on any atom is -0.379 e. The lowest BCUT2D eigenvalue weighted by atomic mass is 10.1.